The van der Waals surface area contributed by atoms with Gasteiger partial charge in [-0.15, -0.1) is 5.11 Å². The van der Waals surface area contributed by atoms with Crippen molar-refractivity contribution < 1.29 is 31.1 Å². The number of nitrogens with zero attached hydrogens (tertiary/aromatic N) is 5. The Kier molecular flexibility index (Phi) is 8.05. The Morgan fingerprint density at radius 3 is 2.18 bits per heavy atom. The highest BCUT2D eigenvalue weighted by molar-refractivity contribution is 6.30. The minimum absolute atomic E-state index is 0.0876. The lowest BCUT2D eigenvalue weighted by Gasteiger charge is -2.16. The summed E-state index contributed by atoms with van der Waals surface area (Å²) < 4.78 is 83.4. The van der Waals surface area contributed by atoms with Crippen molar-refractivity contribution in [3.8, 4) is 17.1 Å². The highest BCUT2D eigenvalue weighted by Gasteiger charge is 2.43. The summed E-state index contributed by atoms with van der Waals surface area (Å²) in [7, 11) is 0. The van der Waals surface area contributed by atoms with Crippen LogP contribution in [0.25, 0.3) is 11.4 Å². The predicted octanol–water partition coefficient (Wildman–Crippen LogP) is 7.73. The Balaban J connectivity index is 1.57. The van der Waals surface area contributed by atoms with Crippen LogP contribution in [0.5, 0.6) is 5.75 Å². The van der Waals surface area contributed by atoms with Crippen molar-refractivity contribution in [2.24, 2.45) is 10.2 Å². The number of nitrogens with one attached hydrogen (secondary N) is 1. The van der Waals surface area contributed by atoms with E-state index in [-0.39, 0.29) is 24.3 Å². The van der Waals surface area contributed by atoms with Crippen LogP contribution in [0.2, 0.25) is 5.02 Å². The number of anilines is 2. The van der Waals surface area contributed by atoms with Crippen LogP contribution in [-0.4, -0.2) is 27.5 Å². The van der Waals surface area contributed by atoms with Crippen molar-refractivity contribution in [1.29, 1.82) is 0 Å². The zero-order valence-corrected chi connectivity index (χ0v) is 19.7. The molecule has 4 rings (SSSR count). The van der Waals surface area contributed by atoms with Crippen molar-refractivity contribution >= 4 is 29.2 Å². The minimum Gasteiger partial charge on any atom is -0.428 e. The second-order valence-corrected chi connectivity index (χ2v) is 7.96. The molecule has 0 atom stereocenters. The first kappa shape index (κ1) is 26.8. The van der Waals surface area contributed by atoms with Gasteiger partial charge in [0.25, 0.3) is 5.95 Å². The van der Waals surface area contributed by atoms with Crippen LogP contribution >= 0.6 is 11.6 Å². The molecule has 0 unspecified atom stereocenters. The van der Waals surface area contributed by atoms with E-state index in [2.05, 4.69) is 35.2 Å². The molecular weight excluding hydrogens is 538 g/mol. The maximum absolute atomic E-state index is 14.4. The van der Waals surface area contributed by atoms with Crippen molar-refractivity contribution in [3.05, 3.63) is 89.0 Å². The molecule has 0 saturated carbocycles. The molecule has 0 aliphatic carbocycles. The summed E-state index contributed by atoms with van der Waals surface area (Å²) in [6.45, 7) is -0.0967. The SMILES string of the molecule is Fc1cccc(F)c1-c1nc(N=NCc2ccc(OC(F)(F)C(F)F)cc2)nc(Nc2ccc(Cl)cc2)n1. The quantitative estimate of drug-likeness (QED) is 0.170. The average molecular weight is 553 g/mol. The van der Waals surface area contributed by atoms with Crippen LogP contribution in [-0.2, 0) is 6.54 Å². The minimum atomic E-state index is -4.63. The summed E-state index contributed by atoms with van der Waals surface area (Å²) >= 11 is 5.89. The first-order chi connectivity index (χ1) is 18.1. The highest BCUT2D eigenvalue weighted by atomic mass is 35.5. The first-order valence-corrected chi connectivity index (χ1v) is 11.0. The van der Waals surface area contributed by atoms with Crippen LogP contribution in [0.3, 0.4) is 0 Å². The van der Waals surface area contributed by atoms with E-state index >= 15 is 0 Å². The Hall–Kier alpha value is -4.26. The predicted molar refractivity (Wildman–Crippen MR) is 126 cm³/mol. The number of alkyl halides is 4. The van der Waals surface area contributed by atoms with Gasteiger partial charge in [0, 0.05) is 10.7 Å². The zero-order valence-electron chi connectivity index (χ0n) is 18.9. The van der Waals surface area contributed by atoms with E-state index in [0.29, 0.717) is 16.3 Å². The third-order valence-corrected chi connectivity index (χ3v) is 5.01. The van der Waals surface area contributed by atoms with Crippen molar-refractivity contribution in [2.45, 2.75) is 19.1 Å². The number of aromatic nitrogens is 3. The molecule has 38 heavy (non-hydrogen) atoms. The molecular formula is C24H15ClF6N6O. The van der Waals surface area contributed by atoms with Gasteiger partial charge >= 0.3 is 12.5 Å². The molecule has 1 heterocycles. The average Bonchev–Trinajstić information content (AvgIpc) is 2.86. The van der Waals surface area contributed by atoms with Gasteiger partial charge in [0.2, 0.25) is 5.95 Å². The summed E-state index contributed by atoms with van der Waals surface area (Å²) in [5.41, 5.74) is 0.472. The molecule has 0 fully saturated rings. The third-order valence-electron chi connectivity index (χ3n) is 4.76. The number of azo groups is 1. The first-order valence-electron chi connectivity index (χ1n) is 10.7. The number of rotatable bonds is 9. The Bertz CT molecular complexity index is 1420. The standard InChI is InChI=1S/C24H15ClF6N6O/c25-14-6-8-15(9-7-14)33-22-34-20(19-17(26)2-1-3-18(19)27)35-23(36-22)37-32-12-13-4-10-16(11-5-13)38-24(30,31)21(28)29/h1-11,21H,12H2,(H,33,34,35,36). The van der Waals surface area contributed by atoms with E-state index < -0.39 is 35.5 Å². The van der Waals surface area contributed by atoms with Crippen LogP contribution in [0.4, 0.5) is 43.9 Å². The van der Waals surface area contributed by atoms with Crippen LogP contribution in [0.1, 0.15) is 5.56 Å². The number of ether oxygens (including phenoxy) is 1. The van der Waals surface area contributed by atoms with E-state index in [1.54, 1.807) is 24.3 Å². The van der Waals surface area contributed by atoms with E-state index in [1.165, 1.54) is 18.2 Å². The maximum atomic E-state index is 14.4. The van der Waals surface area contributed by atoms with E-state index in [9.17, 15) is 26.3 Å². The van der Waals surface area contributed by atoms with Crippen molar-refractivity contribution in [3.63, 3.8) is 0 Å². The van der Waals surface area contributed by atoms with Crippen molar-refractivity contribution in [2.75, 3.05) is 5.32 Å². The monoisotopic (exact) mass is 552 g/mol. The Morgan fingerprint density at radius 1 is 0.895 bits per heavy atom. The van der Waals surface area contributed by atoms with Gasteiger partial charge in [-0.05, 0) is 54.1 Å². The summed E-state index contributed by atoms with van der Waals surface area (Å²) in [4.78, 5) is 12.2. The van der Waals surface area contributed by atoms with Gasteiger partial charge in [0.15, 0.2) is 5.82 Å². The molecule has 0 bridgehead atoms. The maximum Gasteiger partial charge on any atom is 0.461 e. The summed E-state index contributed by atoms with van der Waals surface area (Å²) in [6, 6.07) is 14.5. The summed E-state index contributed by atoms with van der Waals surface area (Å²) in [5, 5.41) is 11.1. The molecule has 1 N–H and O–H groups in total. The molecule has 4 aromatic rings. The molecule has 0 aliphatic heterocycles. The zero-order chi connectivity index (χ0) is 27.3. The lowest BCUT2D eigenvalue weighted by atomic mass is 10.2. The van der Waals surface area contributed by atoms with E-state index in [0.717, 1.165) is 24.3 Å². The molecule has 196 valence electrons. The van der Waals surface area contributed by atoms with Crippen LogP contribution in [0, 0.1) is 11.6 Å². The fourth-order valence-corrected chi connectivity index (χ4v) is 3.12. The molecule has 0 amide bonds. The van der Waals surface area contributed by atoms with Gasteiger partial charge in [0.1, 0.15) is 17.4 Å². The largest absolute Gasteiger partial charge is 0.461 e. The number of hydrogen-bond acceptors (Lipinski definition) is 7. The second kappa shape index (κ2) is 11.4. The fourth-order valence-electron chi connectivity index (χ4n) is 3.00. The molecule has 14 heteroatoms. The lowest BCUT2D eigenvalue weighted by molar-refractivity contribution is -0.253. The van der Waals surface area contributed by atoms with E-state index in [1.807, 2.05) is 0 Å². The smallest absolute Gasteiger partial charge is 0.428 e. The molecule has 1 aromatic heterocycles. The number of halogens is 7. The van der Waals surface area contributed by atoms with Gasteiger partial charge in [-0.3, -0.25) is 0 Å². The molecule has 0 saturated heterocycles. The molecule has 3 aromatic carbocycles. The van der Waals surface area contributed by atoms with Gasteiger partial charge < -0.3 is 10.1 Å². The van der Waals surface area contributed by atoms with E-state index in [4.69, 9.17) is 11.6 Å². The summed E-state index contributed by atoms with van der Waals surface area (Å²) in [5.74, 6) is -3.00. The molecule has 0 aliphatic rings. The van der Waals surface area contributed by atoms with Crippen molar-refractivity contribution in [1.82, 2.24) is 15.0 Å². The lowest BCUT2D eigenvalue weighted by Crippen LogP contribution is -2.33. The van der Waals surface area contributed by atoms with Crippen LogP contribution < -0.4 is 10.1 Å². The number of benzene rings is 3. The second-order valence-electron chi connectivity index (χ2n) is 7.52. The number of hydrogen-bond donors (Lipinski definition) is 1. The van der Waals surface area contributed by atoms with Gasteiger partial charge in [0.05, 0.1) is 12.1 Å². The van der Waals surface area contributed by atoms with Gasteiger partial charge in [-0.25, -0.2) is 8.78 Å². The molecule has 0 spiro atoms. The Morgan fingerprint density at radius 2 is 1.55 bits per heavy atom. The highest BCUT2D eigenvalue weighted by Crippen LogP contribution is 2.28. The van der Waals surface area contributed by atoms with Gasteiger partial charge in [-0.1, -0.05) is 29.8 Å². The normalized spacial score (nSPS) is 11.8. The fraction of sp³-hybridized carbons (Fsp3) is 0.125. The Labute approximate surface area is 216 Å². The molecule has 7 nitrogen and oxygen atoms in total. The topological polar surface area (TPSA) is 84.7 Å². The third kappa shape index (κ3) is 6.73. The van der Waals surface area contributed by atoms with Gasteiger partial charge in [-0.2, -0.15) is 37.6 Å². The molecule has 0 radical (unpaired) electrons. The summed E-state index contributed by atoms with van der Waals surface area (Å²) in [6.07, 6.45) is -8.62. The van der Waals surface area contributed by atoms with Crippen LogP contribution in [0.15, 0.2) is 77.0 Å².